The third kappa shape index (κ3) is 4.31. The zero-order chi connectivity index (χ0) is 20.1. The number of hydrogen-bond acceptors (Lipinski definition) is 5. The summed E-state index contributed by atoms with van der Waals surface area (Å²) < 4.78 is 5.21. The number of methoxy groups -OCH3 is 1. The van der Waals surface area contributed by atoms with Gasteiger partial charge in [-0.2, -0.15) is 0 Å². The van der Waals surface area contributed by atoms with Crippen molar-refractivity contribution in [3.8, 4) is 17.0 Å². The van der Waals surface area contributed by atoms with Gasteiger partial charge in [0.15, 0.2) is 0 Å². The smallest absolute Gasteiger partial charge is 0.136 e. The molecule has 0 unspecified atom stereocenters. The van der Waals surface area contributed by atoms with Crippen LogP contribution < -0.4 is 15.8 Å². The molecule has 0 saturated carbocycles. The van der Waals surface area contributed by atoms with Gasteiger partial charge in [-0.1, -0.05) is 25.1 Å². The Bertz CT molecular complexity index is 980. The standard InChI is InChI=1S/C23H26N4O/c1-4-21(25)19-11-12-22(20-13-17(24)8-5-15(20)2)27-23(19)26-14-16-6-9-18(28-3)10-7-16/h5-13,25H,4,14,24H2,1-3H3,(H,26,27). The third-order valence-electron chi connectivity index (χ3n) is 4.73. The van der Waals surface area contributed by atoms with E-state index in [1.165, 1.54) is 0 Å². The van der Waals surface area contributed by atoms with Crippen LogP contribution in [0.5, 0.6) is 5.75 Å². The number of aromatic nitrogens is 1. The van der Waals surface area contributed by atoms with E-state index in [0.29, 0.717) is 30.2 Å². The lowest BCUT2D eigenvalue weighted by molar-refractivity contribution is 0.414. The van der Waals surface area contributed by atoms with Crippen molar-refractivity contribution < 1.29 is 4.74 Å². The minimum Gasteiger partial charge on any atom is -0.497 e. The molecule has 0 aliphatic heterocycles. The first-order valence-corrected chi connectivity index (χ1v) is 9.34. The van der Waals surface area contributed by atoms with Crippen molar-refractivity contribution in [1.29, 1.82) is 5.41 Å². The maximum absolute atomic E-state index is 8.29. The first-order valence-electron chi connectivity index (χ1n) is 9.34. The van der Waals surface area contributed by atoms with Crippen molar-refractivity contribution in [1.82, 2.24) is 4.98 Å². The Morgan fingerprint density at radius 2 is 1.86 bits per heavy atom. The number of ether oxygens (including phenoxy) is 1. The van der Waals surface area contributed by atoms with Crippen LogP contribution in [0.25, 0.3) is 11.3 Å². The number of aryl methyl sites for hydroxylation is 1. The van der Waals surface area contributed by atoms with Crippen LogP contribution in [0.3, 0.4) is 0 Å². The summed E-state index contributed by atoms with van der Waals surface area (Å²) in [4.78, 5) is 4.83. The molecule has 0 amide bonds. The van der Waals surface area contributed by atoms with Crippen LogP contribution in [0.4, 0.5) is 11.5 Å². The lowest BCUT2D eigenvalue weighted by Gasteiger charge is -2.15. The van der Waals surface area contributed by atoms with E-state index in [4.69, 9.17) is 20.9 Å². The Hall–Kier alpha value is -3.34. The molecule has 5 heteroatoms. The second-order valence-corrected chi connectivity index (χ2v) is 6.70. The number of nitrogens with one attached hydrogen (secondary N) is 2. The largest absolute Gasteiger partial charge is 0.497 e. The number of nitrogens with zero attached hydrogens (tertiary/aromatic N) is 1. The van der Waals surface area contributed by atoms with Crippen LogP contribution in [0.1, 0.15) is 30.0 Å². The maximum atomic E-state index is 8.29. The molecule has 0 atom stereocenters. The van der Waals surface area contributed by atoms with Gasteiger partial charge in [0.2, 0.25) is 0 Å². The van der Waals surface area contributed by atoms with E-state index in [1.807, 2.05) is 68.4 Å². The van der Waals surface area contributed by atoms with Crippen molar-refractivity contribution >= 4 is 17.2 Å². The highest BCUT2D eigenvalue weighted by Gasteiger charge is 2.12. The van der Waals surface area contributed by atoms with Gasteiger partial charge in [0.1, 0.15) is 11.6 Å². The van der Waals surface area contributed by atoms with Gasteiger partial charge in [-0.25, -0.2) is 4.98 Å². The molecule has 0 aliphatic carbocycles. The number of anilines is 2. The van der Waals surface area contributed by atoms with Crippen molar-refractivity contribution in [2.24, 2.45) is 0 Å². The zero-order valence-electron chi connectivity index (χ0n) is 16.5. The third-order valence-corrected chi connectivity index (χ3v) is 4.73. The topological polar surface area (TPSA) is 84.0 Å². The normalized spacial score (nSPS) is 10.5. The molecule has 0 radical (unpaired) electrons. The fourth-order valence-electron chi connectivity index (χ4n) is 3.02. The van der Waals surface area contributed by atoms with Gasteiger partial charge in [0, 0.05) is 29.1 Å². The van der Waals surface area contributed by atoms with E-state index in [0.717, 1.165) is 33.7 Å². The molecular formula is C23H26N4O. The molecule has 0 fully saturated rings. The predicted octanol–water partition coefficient (Wildman–Crippen LogP) is 5.04. The minimum absolute atomic E-state index is 0.556. The summed E-state index contributed by atoms with van der Waals surface area (Å²) in [5, 5.41) is 11.7. The molecule has 0 spiro atoms. The number of pyridine rings is 1. The van der Waals surface area contributed by atoms with Crippen molar-refractivity contribution in [3.05, 3.63) is 71.3 Å². The highest BCUT2D eigenvalue weighted by molar-refractivity contribution is 6.02. The molecular weight excluding hydrogens is 348 g/mol. The maximum Gasteiger partial charge on any atom is 0.136 e. The van der Waals surface area contributed by atoms with E-state index in [1.54, 1.807) is 7.11 Å². The summed E-state index contributed by atoms with van der Waals surface area (Å²) in [6.07, 6.45) is 0.648. The lowest BCUT2D eigenvalue weighted by atomic mass is 10.0. The van der Waals surface area contributed by atoms with E-state index < -0.39 is 0 Å². The van der Waals surface area contributed by atoms with E-state index in [9.17, 15) is 0 Å². The molecule has 1 heterocycles. The molecule has 144 valence electrons. The summed E-state index contributed by atoms with van der Waals surface area (Å²) >= 11 is 0. The summed E-state index contributed by atoms with van der Waals surface area (Å²) in [5.74, 6) is 1.54. The average Bonchev–Trinajstić information content (AvgIpc) is 2.73. The highest BCUT2D eigenvalue weighted by atomic mass is 16.5. The number of hydrogen-bond donors (Lipinski definition) is 3. The fraction of sp³-hybridized carbons (Fsp3) is 0.217. The second-order valence-electron chi connectivity index (χ2n) is 6.70. The number of nitrogen functional groups attached to an aromatic ring is 1. The fourth-order valence-corrected chi connectivity index (χ4v) is 3.02. The molecule has 3 rings (SSSR count). The Morgan fingerprint density at radius 1 is 1.11 bits per heavy atom. The molecule has 0 bridgehead atoms. The second kappa shape index (κ2) is 8.57. The predicted molar refractivity (Wildman–Crippen MR) is 116 cm³/mol. The van der Waals surface area contributed by atoms with Gasteiger partial charge in [-0.05, 0) is 60.9 Å². The van der Waals surface area contributed by atoms with Gasteiger partial charge in [-0.15, -0.1) is 0 Å². The van der Waals surface area contributed by atoms with Crippen LogP contribution in [0, 0.1) is 12.3 Å². The lowest BCUT2D eigenvalue weighted by Crippen LogP contribution is -2.09. The van der Waals surface area contributed by atoms with Crippen molar-refractivity contribution in [2.75, 3.05) is 18.2 Å². The Labute approximate surface area is 166 Å². The summed E-state index contributed by atoms with van der Waals surface area (Å²) in [6.45, 7) is 4.63. The molecule has 28 heavy (non-hydrogen) atoms. The number of nitrogens with two attached hydrogens (primary N) is 1. The molecule has 0 saturated heterocycles. The SMILES string of the molecule is CCC(=N)c1ccc(-c2cc(N)ccc2C)nc1NCc1ccc(OC)cc1. The van der Waals surface area contributed by atoms with Gasteiger partial charge >= 0.3 is 0 Å². The minimum atomic E-state index is 0.556. The summed E-state index contributed by atoms with van der Waals surface area (Å²) in [5.41, 5.74) is 12.1. The van der Waals surface area contributed by atoms with Crippen LogP contribution in [0.2, 0.25) is 0 Å². The van der Waals surface area contributed by atoms with Crippen LogP contribution >= 0.6 is 0 Å². The average molecular weight is 374 g/mol. The molecule has 4 N–H and O–H groups in total. The van der Waals surface area contributed by atoms with Crippen molar-refractivity contribution in [3.63, 3.8) is 0 Å². The quantitative estimate of drug-likeness (QED) is 0.400. The highest BCUT2D eigenvalue weighted by Crippen LogP contribution is 2.27. The van der Waals surface area contributed by atoms with E-state index >= 15 is 0 Å². The molecule has 5 nitrogen and oxygen atoms in total. The monoisotopic (exact) mass is 374 g/mol. The van der Waals surface area contributed by atoms with Gasteiger partial charge in [0.05, 0.1) is 12.8 Å². The zero-order valence-corrected chi connectivity index (χ0v) is 16.5. The number of rotatable bonds is 7. The van der Waals surface area contributed by atoms with Crippen LogP contribution in [-0.4, -0.2) is 17.8 Å². The molecule has 3 aromatic rings. The first kappa shape index (κ1) is 19.4. The van der Waals surface area contributed by atoms with Crippen LogP contribution in [0.15, 0.2) is 54.6 Å². The van der Waals surface area contributed by atoms with Gasteiger partial charge in [-0.3, -0.25) is 0 Å². The first-order chi connectivity index (χ1) is 13.5. The molecule has 0 aliphatic rings. The van der Waals surface area contributed by atoms with Crippen LogP contribution in [-0.2, 0) is 6.54 Å². The Morgan fingerprint density at radius 3 is 2.54 bits per heavy atom. The van der Waals surface area contributed by atoms with Gasteiger partial charge in [0.25, 0.3) is 0 Å². The Balaban J connectivity index is 1.93. The van der Waals surface area contributed by atoms with Crippen molar-refractivity contribution in [2.45, 2.75) is 26.8 Å². The number of benzene rings is 2. The summed E-state index contributed by atoms with van der Waals surface area (Å²) in [6, 6.07) is 17.7. The van der Waals surface area contributed by atoms with E-state index in [2.05, 4.69) is 5.32 Å². The Kier molecular flexibility index (Phi) is 5.94. The molecule has 1 aromatic heterocycles. The summed E-state index contributed by atoms with van der Waals surface area (Å²) in [7, 11) is 1.66. The van der Waals surface area contributed by atoms with E-state index in [-0.39, 0.29) is 0 Å². The van der Waals surface area contributed by atoms with Gasteiger partial charge < -0.3 is 21.2 Å². The molecule has 2 aromatic carbocycles.